The number of carbonyl (C=O) groups excluding carboxylic acids is 1. The topological polar surface area (TPSA) is 83.7 Å². The smallest absolute Gasteiger partial charge is 0.270 e. The van der Waals surface area contributed by atoms with Crippen LogP contribution in [0.4, 0.5) is 5.69 Å². The number of benzene rings is 1. The highest BCUT2D eigenvalue weighted by molar-refractivity contribution is 5.95. The van der Waals surface area contributed by atoms with Crippen LogP contribution in [-0.4, -0.2) is 40.5 Å². The van der Waals surface area contributed by atoms with Crippen molar-refractivity contribution in [3.05, 3.63) is 39.4 Å². The van der Waals surface area contributed by atoms with Gasteiger partial charge in [0.15, 0.2) is 0 Å². The molecule has 0 aliphatic rings. The highest BCUT2D eigenvalue weighted by Crippen LogP contribution is 2.18. The van der Waals surface area contributed by atoms with Crippen molar-refractivity contribution < 1.29 is 14.8 Å². The molecule has 0 spiro atoms. The van der Waals surface area contributed by atoms with Crippen LogP contribution >= 0.6 is 0 Å². The van der Waals surface area contributed by atoms with Crippen molar-refractivity contribution >= 4 is 11.6 Å². The minimum atomic E-state index is -0.506. The summed E-state index contributed by atoms with van der Waals surface area (Å²) in [5.41, 5.74) is 0.906. The lowest BCUT2D eigenvalue weighted by atomic mass is 10.1. The molecule has 0 radical (unpaired) electrons. The monoisotopic (exact) mass is 266 g/mol. The Morgan fingerprint density at radius 1 is 1.42 bits per heavy atom. The number of rotatable bonds is 6. The van der Waals surface area contributed by atoms with Crippen LogP contribution in [0.5, 0.6) is 0 Å². The molecule has 19 heavy (non-hydrogen) atoms. The fraction of sp³-hybridized carbons (Fsp3) is 0.462. The van der Waals surface area contributed by atoms with Crippen molar-refractivity contribution in [3.63, 3.8) is 0 Å². The van der Waals surface area contributed by atoms with Crippen molar-refractivity contribution in [1.82, 2.24) is 4.90 Å². The number of carbonyl (C=O) groups is 1. The van der Waals surface area contributed by atoms with Crippen LogP contribution in [0, 0.1) is 17.0 Å². The quantitative estimate of drug-likeness (QED) is 0.628. The van der Waals surface area contributed by atoms with E-state index < -0.39 is 4.92 Å². The number of nitro groups is 1. The van der Waals surface area contributed by atoms with E-state index in [1.54, 1.807) is 17.9 Å². The molecule has 0 aliphatic heterocycles. The van der Waals surface area contributed by atoms with Crippen LogP contribution in [0.3, 0.4) is 0 Å². The standard InChI is InChI=1S/C13H18N2O4/c1-3-14(5-4-6-16)13(17)11-7-10(2)8-12(9-11)15(18)19/h7-9,16H,3-6H2,1-2H3. The lowest BCUT2D eigenvalue weighted by Crippen LogP contribution is -2.32. The van der Waals surface area contributed by atoms with Gasteiger partial charge < -0.3 is 10.0 Å². The van der Waals surface area contributed by atoms with Crippen molar-refractivity contribution in [2.75, 3.05) is 19.7 Å². The molecular formula is C13H18N2O4. The molecule has 6 nitrogen and oxygen atoms in total. The molecule has 6 heteroatoms. The Morgan fingerprint density at radius 2 is 2.11 bits per heavy atom. The van der Waals surface area contributed by atoms with Crippen LogP contribution in [0.15, 0.2) is 18.2 Å². The molecule has 1 aromatic carbocycles. The SMILES string of the molecule is CCN(CCCO)C(=O)c1cc(C)cc([N+](=O)[O-])c1. The molecular weight excluding hydrogens is 248 g/mol. The van der Waals surface area contributed by atoms with Gasteiger partial charge in [-0.1, -0.05) is 0 Å². The Balaban J connectivity index is 3.00. The molecule has 1 N–H and O–H groups in total. The second-order valence-electron chi connectivity index (χ2n) is 4.28. The minimum Gasteiger partial charge on any atom is -0.396 e. The average Bonchev–Trinajstić information content (AvgIpc) is 2.38. The molecule has 0 aliphatic carbocycles. The highest BCUT2D eigenvalue weighted by Gasteiger charge is 2.17. The van der Waals surface area contributed by atoms with Gasteiger partial charge in [0.2, 0.25) is 0 Å². The van der Waals surface area contributed by atoms with Crippen LogP contribution in [0.2, 0.25) is 0 Å². The van der Waals surface area contributed by atoms with E-state index in [-0.39, 0.29) is 18.2 Å². The third kappa shape index (κ3) is 4.03. The zero-order chi connectivity index (χ0) is 14.4. The Hall–Kier alpha value is -1.95. The first kappa shape index (κ1) is 15.1. The van der Waals surface area contributed by atoms with Gasteiger partial charge in [-0.05, 0) is 31.9 Å². The summed E-state index contributed by atoms with van der Waals surface area (Å²) < 4.78 is 0. The summed E-state index contributed by atoms with van der Waals surface area (Å²) in [5, 5.41) is 19.6. The summed E-state index contributed by atoms with van der Waals surface area (Å²) in [6.07, 6.45) is 0.494. The van der Waals surface area contributed by atoms with Gasteiger partial charge in [-0.2, -0.15) is 0 Å². The zero-order valence-electron chi connectivity index (χ0n) is 11.1. The van der Waals surface area contributed by atoms with Gasteiger partial charge in [-0.3, -0.25) is 14.9 Å². The predicted octanol–water partition coefficient (Wildman–Crippen LogP) is 1.75. The van der Waals surface area contributed by atoms with Crippen LogP contribution in [0.25, 0.3) is 0 Å². The molecule has 1 rings (SSSR count). The maximum absolute atomic E-state index is 12.2. The summed E-state index contributed by atoms with van der Waals surface area (Å²) in [5.74, 6) is -0.247. The van der Waals surface area contributed by atoms with E-state index in [9.17, 15) is 14.9 Å². The number of hydrogen-bond acceptors (Lipinski definition) is 4. The second kappa shape index (κ2) is 6.84. The minimum absolute atomic E-state index is 0.0117. The van der Waals surface area contributed by atoms with Gasteiger partial charge in [-0.25, -0.2) is 0 Å². The van der Waals surface area contributed by atoms with E-state index in [1.807, 2.05) is 6.92 Å². The van der Waals surface area contributed by atoms with Crippen molar-refractivity contribution in [3.8, 4) is 0 Å². The lowest BCUT2D eigenvalue weighted by Gasteiger charge is -2.20. The Kier molecular flexibility index (Phi) is 5.44. The second-order valence-corrected chi connectivity index (χ2v) is 4.28. The molecule has 0 fully saturated rings. The van der Waals surface area contributed by atoms with Gasteiger partial charge in [0.25, 0.3) is 11.6 Å². The molecule has 0 saturated carbocycles. The number of nitrogens with zero attached hydrogens (tertiary/aromatic N) is 2. The Bertz CT molecular complexity index is 474. The molecule has 0 aromatic heterocycles. The molecule has 1 amide bonds. The summed E-state index contributed by atoms with van der Waals surface area (Å²) >= 11 is 0. The molecule has 1 aromatic rings. The first-order chi connectivity index (χ1) is 8.99. The molecule has 104 valence electrons. The normalized spacial score (nSPS) is 10.3. The fourth-order valence-electron chi connectivity index (χ4n) is 1.84. The first-order valence-corrected chi connectivity index (χ1v) is 6.15. The van der Waals surface area contributed by atoms with Gasteiger partial charge in [-0.15, -0.1) is 0 Å². The van der Waals surface area contributed by atoms with E-state index in [4.69, 9.17) is 5.11 Å². The fourth-order valence-corrected chi connectivity index (χ4v) is 1.84. The molecule has 0 atom stereocenters. The van der Waals surface area contributed by atoms with Gasteiger partial charge >= 0.3 is 0 Å². The molecule has 0 unspecified atom stereocenters. The van der Waals surface area contributed by atoms with Gasteiger partial charge in [0.1, 0.15) is 0 Å². The zero-order valence-corrected chi connectivity index (χ0v) is 11.1. The Morgan fingerprint density at radius 3 is 2.63 bits per heavy atom. The maximum atomic E-state index is 12.2. The predicted molar refractivity (Wildman–Crippen MR) is 71.1 cm³/mol. The van der Waals surface area contributed by atoms with E-state index >= 15 is 0 Å². The Labute approximate surface area is 111 Å². The maximum Gasteiger partial charge on any atom is 0.270 e. The van der Waals surface area contributed by atoms with Crippen molar-refractivity contribution in [2.24, 2.45) is 0 Å². The average molecular weight is 266 g/mol. The van der Waals surface area contributed by atoms with Crippen LogP contribution < -0.4 is 0 Å². The van der Waals surface area contributed by atoms with E-state index in [1.165, 1.54) is 12.1 Å². The molecule has 0 saturated heterocycles. The lowest BCUT2D eigenvalue weighted by molar-refractivity contribution is -0.384. The number of nitro benzene ring substituents is 1. The van der Waals surface area contributed by atoms with Crippen molar-refractivity contribution in [1.29, 1.82) is 0 Å². The van der Waals surface area contributed by atoms with E-state index in [2.05, 4.69) is 0 Å². The third-order valence-corrected chi connectivity index (χ3v) is 2.77. The highest BCUT2D eigenvalue weighted by atomic mass is 16.6. The summed E-state index contributed by atoms with van der Waals surface area (Å²) in [7, 11) is 0. The number of hydrogen-bond donors (Lipinski definition) is 1. The summed E-state index contributed by atoms with van der Waals surface area (Å²) in [4.78, 5) is 24.1. The van der Waals surface area contributed by atoms with E-state index in [0.29, 0.717) is 30.6 Å². The summed E-state index contributed by atoms with van der Waals surface area (Å²) in [6, 6.07) is 4.36. The number of aliphatic hydroxyl groups is 1. The van der Waals surface area contributed by atoms with Crippen LogP contribution in [-0.2, 0) is 0 Å². The molecule has 0 bridgehead atoms. The largest absolute Gasteiger partial charge is 0.396 e. The van der Waals surface area contributed by atoms with Crippen LogP contribution in [0.1, 0.15) is 29.3 Å². The number of amides is 1. The molecule has 0 heterocycles. The van der Waals surface area contributed by atoms with Gasteiger partial charge in [0, 0.05) is 37.4 Å². The van der Waals surface area contributed by atoms with Gasteiger partial charge in [0.05, 0.1) is 4.92 Å². The third-order valence-electron chi connectivity index (χ3n) is 2.77. The number of non-ortho nitro benzene ring substituents is 1. The van der Waals surface area contributed by atoms with Crippen molar-refractivity contribution in [2.45, 2.75) is 20.3 Å². The first-order valence-electron chi connectivity index (χ1n) is 6.15. The van der Waals surface area contributed by atoms with E-state index in [0.717, 1.165) is 0 Å². The number of aryl methyl sites for hydroxylation is 1. The number of aliphatic hydroxyl groups excluding tert-OH is 1. The summed E-state index contributed by atoms with van der Waals surface area (Å²) in [6.45, 7) is 4.50.